The molecular formula is C17H12F3N3O3. The van der Waals surface area contributed by atoms with Gasteiger partial charge in [0.15, 0.2) is 17.5 Å². The van der Waals surface area contributed by atoms with Crippen molar-refractivity contribution >= 4 is 22.5 Å². The average molecular weight is 363 g/mol. The number of nitrogens with zero attached hydrogens (tertiary/aromatic N) is 2. The molecule has 3 aromatic rings. The molecule has 0 saturated carbocycles. The predicted molar refractivity (Wildman–Crippen MR) is 87.4 cm³/mol. The van der Waals surface area contributed by atoms with Gasteiger partial charge in [0, 0.05) is 17.8 Å². The van der Waals surface area contributed by atoms with E-state index in [0.29, 0.717) is 17.6 Å². The monoisotopic (exact) mass is 363 g/mol. The summed E-state index contributed by atoms with van der Waals surface area (Å²) >= 11 is 0. The summed E-state index contributed by atoms with van der Waals surface area (Å²) in [6.45, 7) is 1.03. The maximum Gasteiger partial charge on any atom is 0.261 e. The molecule has 9 heteroatoms. The van der Waals surface area contributed by atoms with Crippen molar-refractivity contribution < 1.29 is 23.1 Å². The van der Waals surface area contributed by atoms with Crippen molar-refractivity contribution in [3.63, 3.8) is 0 Å². The van der Waals surface area contributed by atoms with Gasteiger partial charge in [-0.05, 0) is 25.1 Å². The summed E-state index contributed by atoms with van der Waals surface area (Å²) in [6.07, 6.45) is 0. The SMILES string of the molecule is Cc1nc2ccc(O)cc2c(=O)n1CC(=O)Nc1cc(F)c(F)c(F)c1. The van der Waals surface area contributed by atoms with Gasteiger partial charge in [0.2, 0.25) is 5.91 Å². The second kappa shape index (κ2) is 6.51. The Morgan fingerprint density at radius 3 is 2.50 bits per heavy atom. The first-order valence-electron chi connectivity index (χ1n) is 7.41. The van der Waals surface area contributed by atoms with Crippen LogP contribution in [-0.2, 0) is 11.3 Å². The van der Waals surface area contributed by atoms with E-state index in [2.05, 4.69) is 10.3 Å². The number of benzene rings is 2. The Bertz CT molecular complexity index is 1070. The number of carbonyl (C=O) groups excluding carboxylic acids is 1. The molecule has 0 aliphatic rings. The zero-order chi connectivity index (χ0) is 19.0. The molecule has 1 heterocycles. The largest absolute Gasteiger partial charge is 0.508 e. The number of carbonyl (C=O) groups is 1. The van der Waals surface area contributed by atoms with Gasteiger partial charge in [0.25, 0.3) is 5.56 Å². The number of hydrogen-bond acceptors (Lipinski definition) is 4. The lowest BCUT2D eigenvalue weighted by molar-refractivity contribution is -0.116. The van der Waals surface area contributed by atoms with E-state index >= 15 is 0 Å². The molecule has 2 N–H and O–H groups in total. The number of rotatable bonds is 3. The molecule has 0 radical (unpaired) electrons. The minimum Gasteiger partial charge on any atom is -0.508 e. The second-order valence-electron chi connectivity index (χ2n) is 5.55. The first kappa shape index (κ1) is 17.5. The Morgan fingerprint density at radius 2 is 1.85 bits per heavy atom. The standard InChI is InChI=1S/C17H12F3N3O3/c1-8-21-14-3-2-10(24)6-11(14)17(26)23(8)7-15(25)22-9-4-12(18)16(20)13(19)5-9/h2-6,24H,7H2,1H3,(H,22,25). The number of aromatic hydroxyl groups is 1. The number of aryl methyl sites for hydroxylation is 1. The molecule has 0 saturated heterocycles. The van der Waals surface area contributed by atoms with E-state index in [-0.39, 0.29) is 22.6 Å². The van der Waals surface area contributed by atoms with Gasteiger partial charge >= 0.3 is 0 Å². The topological polar surface area (TPSA) is 84.2 Å². The van der Waals surface area contributed by atoms with Crippen molar-refractivity contribution in [2.24, 2.45) is 0 Å². The molecule has 0 aliphatic heterocycles. The summed E-state index contributed by atoms with van der Waals surface area (Å²) in [4.78, 5) is 28.8. The van der Waals surface area contributed by atoms with Gasteiger partial charge in [-0.3, -0.25) is 14.2 Å². The summed E-state index contributed by atoms with van der Waals surface area (Å²) in [7, 11) is 0. The zero-order valence-electron chi connectivity index (χ0n) is 13.4. The van der Waals surface area contributed by atoms with Crippen LogP contribution in [0.25, 0.3) is 10.9 Å². The van der Waals surface area contributed by atoms with Crippen LogP contribution in [0.4, 0.5) is 18.9 Å². The van der Waals surface area contributed by atoms with E-state index in [1.807, 2.05) is 0 Å². The highest BCUT2D eigenvalue weighted by atomic mass is 19.2. The van der Waals surface area contributed by atoms with Crippen molar-refractivity contribution in [2.75, 3.05) is 5.32 Å². The van der Waals surface area contributed by atoms with E-state index in [4.69, 9.17) is 0 Å². The third kappa shape index (κ3) is 3.23. The van der Waals surface area contributed by atoms with Crippen molar-refractivity contribution in [2.45, 2.75) is 13.5 Å². The van der Waals surface area contributed by atoms with Gasteiger partial charge in [-0.1, -0.05) is 0 Å². The van der Waals surface area contributed by atoms with Gasteiger partial charge in [0.05, 0.1) is 10.9 Å². The molecule has 6 nitrogen and oxygen atoms in total. The maximum atomic E-state index is 13.2. The van der Waals surface area contributed by atoms with E-state index in [9.17, 15) is 27.9 Å². The molecular weight excluding hydrogens is 351 g/mol. The third-order valence-corrected chi connectivity index (χ3v) is 3.70. The molecule has 3 rings (SSSR count). The molecule has 0 fully saturated rings. The Kier molecular flexibility index (Phi) is 4.37. The molecule has 2 aromatic carbocycles. The first-order chi connectivity index (χ1) is 12.3. The van der Waals surface area contributed by atoms with Crippen molar-refractivity contribution in [1.29, 1.82) is 0 Å². The summed E-state index contributed by atoms with van der Waals surface area (Å²) in [5.74, 6) is -5.20. The smallest absolute Gasteiger partial charge is 0.261 e. The molecule has 1 aromatic heterocycles. The molecule has 0 atom stereocenters. The lowest BCUT2D eigenvalue weighted by Crippen LogP contribution is -2.30. The summed E-state index contributed by atoms with van der Waals surface area (Å²) in [6, 6.07) is 5.32. The molecule has 0 unspecified atom stereocenters. The zero-order valence-corrected chi connectivity index (χ0v) is 13.4. The highest BCUT2D eigenvalue weighted by Gasteiger charge is 2.15. The first-order valence-corrected chi connectivity index (χ1v) is 7.41. The number of halogens is 3. The van der Waals surface area contributed by atoms with Gasteiger partial charge in [0.1, 0.15) is 18.1 Å². The lowest BCUT2D eigenvalue weighted by Gasteiger charge is -2.11. The highest BCUT2D eigenvalue weighted by Crippen LogP contribution is 2.18. The van der Waals surface area contributed by atoms with Crippen LogP contribution in [0, 0.1) is 24.4 Å². The highest BCUT2D eigenvalue weighted by molar-refractivity contribution is 5.90. The van der Waals surface area contributed by atoms with Gasteiger partial charge in [-0.2, -0.15) is 0 Å². The van der Waals surface area contributed by atoms with Gasteiger partial charge in [-0.25, -0.2) is 18.2 Å². The van der Waals surface area contributed by atoms with Crippen LogP contribution in [0.15, 0.2) is 35.1 Å². The Labute approximate surface area is 144 Å². The van der Waals surface area contributed by atoms with Crippen LogP contribution < -0.4 is 10.9 Å². The van der Waals surface area contributed by atoms with Crippen LogP contribution in [0.2, 0.25) is 0 Å². The number of phenols is 1. The average Bonchev–Trinajstić information content (AvgIpc) is 2.57. The van der Waals surface area contributed by atoms with Crippen LogP contribution in [0.5, 0.6) is 5.75 Å². The quantitative estimate of drug-likeness (QED) is 0.700. The van der Waals surface area contributed by atoms with Crippen molar-refractivity contribution in [3.05, 3.63) is 64.0 Å². The fraction of sp³-hybridized carbons (Fsp3) is 0.118. The van der Waals surface area contributed by atoms with E-state index in [1.165, 1.54) is 25.1 Å². The molecule has 134 valence electrons. The van der Waals surface area contributed by atoms with Crippen LogP contribution in [0.1, 0.15) is 5.82 Å². The van der Waals surface area contributed by atoms with Crippen molar-refractivity contribution in [1.82, 2.24) is 9.55 Å². The minimum absolute atomic E-state index is 0.113. The third-order valence-electron chi connectivity index (χ3n) is 3.70. The van der Waals surface area contributed by atoms with Crippen LogP contribution in [0.3, 0.4) is 0 Å². The van der Waals surface area contributed by atoms with E-state index < -0.39 is 35.5 Å². The summed E-state index contributed by atoms with van der Waals surface area (Å²) < 4.78 is 40.4. The molecule has 1 amide bonds. The molecule has 0 bridgehead atoms. The normalized spacial score (nSPS) is 10.9. The number of nitrogens with one attached hydrogen (secondary N) is 1. The fourth-order valence-corrected chi connectivity index (χ4v) is 2.48. The Balaban J connectivity index is 1.91. The number of hydrogen-bond donors (Lipinski definition) is 2. The number of amides is 1. The predicted octanol–water partition coefficient (Wildman–Crippen LogP) is 2.47. The summed E-state index contributed by atoms with van der Waals surface area (Å²) in [5, 5.41) is 11.8. The van der Waals surface area contributed by atoms with Gasteiger partial charge in [-0.15, -0.1) is 0 Å². The number of anilines is 1. The lowest BCUT2D eigenvalue weighted by atomic mass is 10.2. The van der Waals surface area contributed by atoms with E-state index in [1.54, 1.807) is 0 Å². The fourth-order valence-electron chi connectivity index (χ4n) is 2.48. The molecule has 0 aliphatic carbocycles. The number of phenolic OH excluding ortho intramolecular Hbond substituents is 1. The van der Waals surface area contributed by atoms with Crippen LogP contribution in [-0.4, -0.2) is 20.6 Å². The molecule has 0 spiro atoms. The second-order valence-corrected chi connectivity index (χ2v) is 5.55. The van der Waals surface area contributed by atoms with Gasteiger partial charge < -0.3 is 10.4 Å². The number of fused-ring (bicyclic) bond motifs is 1. The molecule has 26 heavy (non-hydrogen) atoms. The summed E-state index contributed by atoms with van der Waals surface area (Å²) in [5.41, 5.74) is -0.497. The minimum atomic E-state index is -1.64. The number of aromatic nitrogens is 2. The van der Waals surface area contributed by atoms with Crippen LogP contribution >= 0.6 is 0 Å². The van der Waals surface area contributed by atoms with E-state index in [0.717, 1.165) is 4.57 Å². The Morgan fingerprint density at radius 1 is 1.19 bits per heavy atom. The Hall–Kier alpha value is -3.36. The maximum absolute atomic E-state index is 13.2. The van der Waals surface area contributed by atoms with Crippen molar-refractivity contribution in [3.8, 4) is 5.75 Å².